The molecule has 84 valence electrons. The zero-order chi connectivity index (χ0) is 11.3. The highest BCUT2D eigenvalue weighted by Crippen LogP contribution is 2.28. The van der Waals surface area contributed by atoms with Crippen LogP contribution in [-0.4, -0.2) is 18.3 Å². The molecule has 0 saturated carbocycles. The Morgan fingerprint density at radius 1 is 1.40 bits per heavy atom. The van der Waals surface area contributed by atoms with Crippen molar-refractivity contribution in [3.05, 3.63) is 29.8 Å². The summed E-state index contributed by atoms with van der Waals surface area (Å²) in [7, 11) is 0. The first-order valence-corrected chi connectivity index (χ1v) is 5.26. The molecule has 1 aromatic carbocycles. The number of hydrogen-bond acceptors (Lipinski definition) is 3. The van der Waals surface area contributed by atoms with Crippen molar-refractivity contribution < 1.29 is 9.84 Å². The lowest BCUT2D eigenvalue weighted by Gasteiger charge is -2.24. The van der Waals surface area contributed by atoms with Crippen molar-refractivity contribution in [1.29, 1.82) is 0 Å². The van der Waals surface area contributed by atoms with Crippen LogP contribution in [0.5, 0.6) is 5.75 Å². The summed E-state index contributed by atoms with van der Waals surface area (Å²) in [5.41, 5.74) is 5.26. The van der Waals surface area contributed by atoms with Crippen LogP contribution in [0.25, 0.3) is 0 Å². The first-order chi connectivity index (χ1) is 7.11. The third-order valence-electron chi connectivity index (χ3n) is 2.33. The fourth-order valence-electron chi connectivity index (χ4n) is 1.36. The van der Waals surface area contributed by atoms with Crippen LogP contribution in [0.15, 0.2) is 24.3 Å². The molecule has 0 aliphatic heterocycles. The van der Waals surface area contributed by atoms with E-state index in [4.69, 9.17) is 10.5 Å². The molecular weight excluding hydrogens is 190 g/mol. The molecule has 0 amide bonds. The van der Waals surface area contributed by atoms with Crippen molar-refractivity contribution in [1.82, 2.24) is 0 Å². The number of ether oxygens (including phenoxy) is 1. The molecular formula is C12H19NO2. The number of nitrogens with two attached hydrogens (primary N) is 1. The van der Waals surface area contributed by atoms with E-state index in [1.807, 2.05) is 31.2 Å². The molecule has 15 heavy (non-hydrogen) atoms. The lowest BCUT2D eigenvalue weighted by atomic mass is 9.95. The van der Waals surface area contributed by atoms with Gasteiger partial charge in [0.15, 0.2) is 0 Å². The number of para-hydroxylation sites is 1. The van der Waals surface area contributed by atoms with Crippen molar-refractivity contribution in [3.63, 3.8) is 0 Å². The van der Waals surface area contributed by atoms with E-state index in [1.165, 1.54) is 0 Å². The quantitative estimate of drug-likeness (QED) is 0.775. The molecule has 0 radical (unpaired) electrons. The molecule has 1 rings (SSSR count). The van der Waals surface area contributed by atoms with Gasteiger partial charge >= 0.3 is 0 Å². The van der Waals surface area contributed by atoms with Crippen LogP contribution in [0.3, 0.4) is 0 Å². The van der Waals surface area contributed by atoms with E-state index in [2.05, 4.69) is 0 Å². The van der Waals surface area contributed by atoms with E-state index >= 15 is 0 Å². The molecule has 1 unspecified atom stereocenters. The number of benzene rings is 1. The van der Waals surface area contributed by atoms with Gasteiger partial charge in [0.05, 0.1) is 6.61 Å². The summed E-state index contributed by atoms with van der Waals surface area (Å²) in [5, 5.41) is 10.1. The van der Waals surface area contributed by atoms with E-state index in [9.17, 15) is 5.11 Å². The van der Waals surface area contributed by atoms with Gasteiger partial charge in [0.25, 0.3) is 0 Å². The number of aliphatic hydroxyl groups is 1. The number of hydrogen-bond donors (Lipinski definition) is 2. The van der Waals surface area contributed by atoms with Crippen LogP contribution in [0, 0.1) is 0 Å². The van der Waals surface area contributed by atoms with Gasteiger partial charge in [0, 0.05) is 12.1 Å². The van der Waals surface area contributed by atoms with Gasteiger partial charge in [-0.25, -0.2) is 0 Å². The van der Waals surface area contributed by atoms with Gasteiger partial charge < -0.3 is 15.6 Å². The molecule has 1 atom stereocenters. The summed E-state index contributed by atoms with van der Waals surface area (Å²) in [4.78, 5) is 0. The van der Waals surface area contributed by atoms with E-state index in [0.717, 1.165) is 17.7 Å². The van der Waals surface area contributed by atoms with Crippen molar-refractivity contribution in [2.24, 2.45) is 5.73 Å². The normalized spacial score (nSPS) is 14.7. The highest BCUT2D eigenvalue weighted by atomic mass is 16.5. The maximum Gasteiger partial charge on any atom is 0.125 e. The van der Waals surface area contributed by atoms with Gasteiger partial charge in [-0.1, -0.05) is 25.1 Å². The molecule has 3 nitrogen and oxygen atoms in total. The fourth-order valence-corrected chi connectivity index (χ4v) is 1.36. The van der Waals surface area contributed by atoms with Gasteiger partial charge in [-0.05, 0) is 19.4 Å². The topological polar surface area (TPSA) is 55.5 Å². The maximum absolute atomic E-state index is 10.1. The summed E-state index contributed by atoms with van der Waals surface area (Å²) in [5.74, 6) is 0.717. The fraction of sp³-hybridized carbons (Fsp3) is 0.500. The zero-order valence-corrected chi connectivity index (χ0v) is 9.36. The molecule has 0 aliphatic carbocycles. The summed E-state index contributed by atoms with van der Waals surface area (Å²) in [6, 6.07) is 7.46. The van der Waals surface area contributed by atoms with E-state index < -0.39 is 5.60 Å². The molecule has 3 N–H and O–H groups in total. The minimum Gasteiger partial charge on any atom is -0.493 e. The summed E-state index contributed by atoms with van der Waals surface area (Å²) < 4.78 is 5.56. The summed E-state index contributed by atoms with van der Waals surface area (Å²) in [6.07, 6.45) is 0.944. The van der Waals surface area contributed by atoms with Crippen molar-refractivity contribution in [3.8, 4) is 5.75 Å². The molecule has 1 aromatic rings. The summed E-state index contributed by atoms with van der Waals surface area (Å²) >= 11 is 0. The highest BCUT2D eigenvalue weighted by Gasteiger charge is 2.24. The van der Waals surface area contributed by atoms with Crippen LogP contribution in [-0.2, 0) is 5.60 Å². The zero-order valence-electron chi connectivity index (χ0n) is 9.36. The van der Waals surface area contributed by atoms with Crippen LogP contribution in [0.2, 0.25) is 0 Å². The van der Waals surface area contributed by atoms with E-state index in [-0.39, 0.29) is 6.54 Å². The first kappa shape index (κ1) is 12.0. The van der Waals surface area contributed by atoms with Crippen LogP contribution in [0.4, 0.5) is 0 Å². The van der Waals surface area contributed by atoms with Gasteiger partial charge in [-0.15, -0.1) is 0 Å². The smallest absolute Gasteiger partial charge is 0.125 e. The number of rotatable bonds is 5. The van der Waals surface area contributed by atoms with E-state index in [0.29, 0.717) is 6.61 Å². The molecule has 3 heteroatoms. The van der Waals surface area contributed by atoms with Crippen LogP contribution < -0.4 is 10.5 Å². The van der Waals surface area contributed by atoms with Crippen molar-refractivity contribution in [2.75, 3.05) is 13.2 Å². The largest absolute Gasteiger partial charge is 0.493 e. The summed E-state index contributed by atoms with van der Waals surface area (Å²) in [6.45, 7) is 4.57. The Morgan fingerprint density at radius 2 is 2.07 bits per heavy atom. The third kappa shape index (κ3) is 2.94. The maximum atomic E-state index is 10.1. The van der Waals surface area contributed by atoms with Crippen LogP contribution >= 0.6 is 0 Å². The molecule has 0 spiro atoms. The predicted molar refractivity (Wildman–Crippen MR) is 60.9 cm³/mol. The Morgan fingerprint density at radius 3 is 2.67 bits per heavy atom. The molecule has 0 aliphatic rings. The third-order valence-corrected chi connectivity index (χ3v) is 2.33. The average molecular weight is 209 g/mol. The molecule has 0 saturated heterocycles. The first-order valence-electron chi connectivity index (χ1n) is 5.26. The monoisotopic (exact) mass is 209 g/mol. The second-order valence-corrected chi connectivity index (χ2v) is 3.82. The second-order valence-electron chi connectivity index (χ2n) is 3.82. The average Bonchev–Trinajstić information content (AvgIpc) is 2.26. The second kappa shape index (κ2) is 5.14. The Bertz CT molecular complexity index is 310. The van der Waals surface area contributed by atoms with Gasteiger partial charge in [-0.3, -0.25) is 0 Å². The van der Waals surface area contributed by atoms with Crippen LogP contribution in [0.1, 0.15) is 25.8 Å². The SMILES string of the molecule is CCCOc1ccccc1C(C)(O)CN. The highest BCUT2D eigenvalue weighted by molar-refractivity contribution is 5.37. The lowest BCUT2D eigenvalue weighted by molar-refractivity contribution is 0.0632. The standard InChI is InChI=1S/C12H19NO2/c1-3-8-15-11-7-5-4-6-10(11)12(2,14)9-13/h4-7,14H,3,8-9,13H2,1-2H3. The predicted octanol–water partition coefficient (Wildman–Crippen LogP) is 1.64. The molecule has 0 fully saturated rings. The Labute approximate surface area is 90.9 Å². The minimum absolute atomic E-state index is 0.180. The Balaban J connectivity index is 2.95. The lowest BCUT2D eigenvalue weighted by Crippen LogP contribution is -2.31. The Kier molecular flexibility index (Phi) is 4.12. The minimum atomic E-state index is -1.02. The molecule has 0 heterocycles. The van der Waals surface area contributed by atoms with E-state index in [1.54, 1.807) is 6.92 Å². The van der Waals surface area contributed by atoms with Gasteiger partial charge in [0.1, 0.15) is 11.4 Å². The van der Waals surface area contributed by atoms with Gasteiger partial charge in [0.2, 0.25) is 0 Å². The Hall–Kier alpha value is -1.06. The molecule has 0 aromatic heterocycles. The van der Waals surface area contributed by atoms with Crippen molar-refractivity contribution in [2.45, 2.75) is 25.9 Å². The van der Waals surface area contributed by atoms with Crippen molar-refractivity contribution >= 4 is 0 Å². The van der Waals surface area contributed by atoms with Gasteiger partial charge in [-0.2, -0.15) is 0 Å². The molecule has 0 bridgehead atoms.